The quantitative estimate of drug-likeness (QED) is 0.633. The van der Waals surface area contributed by atoms with Gasteiger partial charge in [0.05, 0.1) is 6.20 Å². The Labute approximate surface area is 71.2 Å². The fraction of sp³-hybridized carbons (Fsp3) is 0.556. The van der Waals surface area contributed by atoms with E-state index in [1.807, 2.05) is 0 Å². The third-order valence-electron chi connectivity index (χ3n) is 2.62. The fourth-order valence-corrected chi connectivity index (χ4v) is 1.70. The highest BCUT2D eigenvalue weighted by Crippen LogP contribution is 2.35. The van der Waals surface area contributed by atoms with E-state index in [1.165, 1.54) is 0 Å². The van der Waals surface area contributed by atoms with Crippen LogP contribution >= 0.6 is 0 Å². The maximum Gasteiger partial charge on any atom is 0.180 e. The van der Waals surface area contributed by atoms with Crippen LogP contribution < -0.4 is 0 Å². The molecule has 3 heteroatoms. The van der Waals surface area contributed by atoms with Gasteiger partial charge >= 0.3 is 0 Å². The molecule has 0 fully saturated rings. The minimum Gasteiger partial charge on any atom is -0.292 e. The molecule has 12 heavy (non-hydrogen) atoms. The Bertz CT molecular complexity index is 325. The van der Waals surface area contributed by atoms with E-state index >= 15 is 0 Å². The number of aromatic nitrogens is 2. The van der Waals surface area contributed by atoms with Crippen LogP contribution in [0.25, 0.3) is 0 Å². The van der Waals surface area contributed by atoms with Crippen LogP contribution in [0.1, 0.15) is 42.7 Å². The normalized spacial score (nSPS) is 20.7. The lowest BCUT2D eigenvalue weighted by Gasteiger charge is -2.27. The van der Waals surface area contributed by atoms with Gasteiger partial charge < -0.3 is 0 Å². The summed E-state index contributed by atoms with van der Waals surface area (Å²) in [6.07, 6.45) is 3.34. The number of carbonyl (C=O) groups excluding carboxylic acids is 1. The summed E-state index contributed by atoms with van der Waals surface area (Å²) in [5, 5.41) is 6.67. The number of rotatable bonds is 0. The van der Waals surface area contributed by atoms with E-state index in [0.717, 1.165) is 12.0 Å². The smallest absolute Gasteiger partial charge is 0.180 e. The number of aromatic amines is 1. The minimum absolute atomic E-state index is 0.107. The monoisotopic (exact) mass is 164 g/mol. The van der Waals surface area contributed by atoms with Crippen LogP contribution in [0.15, 0.2) is 6.20 Å². The van der Waals surface area contributed by atoms with Gasteiger partial charge in [-0.1, -0.05) is 13.8 Å². The van der Waals surface area contributed by atoms with Gasteiger partial charge in [-0.05, 0) is 11.8 Å². The van der Waals surface area contributed by atoms with Crippen LogP contribution in [0, 0.1) is 0 Å². The van der Waals surface area contributed by atoms with E-state index < -0.39 is 0 Å². The van der Waals surface area contributed by atoms with Crippen molar-refractivity contribution in [2.45, 2.75) is 32.1 Å². The number of ketones is 1. The first-order chi connectivity index (χ1) is 5.61. The second-order valence-corrected chi connectivity index (χ2v) is 3.97. The van der Waals surface area contributed by atoms with Gasteiger partial charge in [-0.2, -0.15) is 5.10 Å². The molecule has 0 bridgehead atoms. The van der Waals surface area contributed by atoms with Crippen molar-refractivity contribution in [3.8, 4) is 0 Å². The van der Waals surface area contributed by atoms with Gasteiger partial charge in [0, 0.05) is 12.0 Å². The first-order valence-corrected chi connectivity index (χ1v) is 4.18. The van der Waals surface area contributed by atoms with Crippen LogP contribution in [-0.2, 0) is 5.41 Å². The molecule has 1 aromatic heterocycles. The average molecular weight is 164 g/mol. The molecule has 1 aliphatic carbocycles. The predicted octanol–water partition coefficient (Wildman–Crippen LogP) is 1.66. The SMILES string of the molecule is CC1(C)CCC(=O)c2[nH]ncc21. The average Bonchev–Trinajstić information content (AvgIpc) is 2.46. The summed E-state index contributed by atoms with van der Waals surface area (Å²) in [5.74, 6) is 0.196. The predicted molar refractivity (Wildman–Crippen MR) is 45.2 cm³/mol. The first-order valence-electron chi connectivity index (χ1n) is 4.18. The van der Waals surface area contributed by atoms with Crippen molar-refractivity contribution in [2.75, 3.05) is 0 Å². The summed E-state index contributed by atoms with van der Waals surface area (Å²) in [5.41, 5.74) is 1.89. The summed E-state index contributed by atoms with van der Waals surface area (Å²) < 4.78 is 0. The summed E-state index contributed by atoms with van der Waals surface area (Å²) >= 11 is 0. The Kier molecular flexibility index (Phi) is 1.37. The van der Waals surface area contributed by atoms with E-state index in [2.05, 4.69) is 24.0 Å². The lowest BCUT2D eigenvalue weighted by atomic mass is 9.75. The molecule has 0 spiro atoms. The molecule has 1 N–H and O–H groups in total. The number of hydrogen-bond acceptors (Lipinski definition) is 2. The van der Waals surface area contributed by atoms with Crippen molar-refractivity contribution in [2.24, 2.45) is 0 Å². The number of carbonyl (C=O) groups is 1. The van der Waals surface area contributed by atoms with Gasteiger partial charge in [-0.25, -0.2) is 0 Å². The molecule has 2 rings (SSSR count). The Morgan fingerprint density at radius 1 is 1.58 bits per heavy atom. The molecule has 0 amide bonds. The molecule has 1 aliphatic rings. The van der Waals surface area contributed by atoms with Gasteiger partial charge in [-0.3, -0.25) is 9.89 Å². The van der Waals surface area contributed by atoms with Gasteiger partial charge in [-0.15, -0.1) is 0 Å². The van der Waals surface area contributed by atoms with E-state index in [0.29, 0.717) is 12.1 Å². The van der Waals surface area contributed by atoms with Gasteiger partial charge in [0.2, 0.25) is 0 Å². The van der Waals surface area contributed by atoms with Crippen LogP contribution in [0.5, 0.6) is 0 Å². The van der Waals surface area contributed by atoms with Crippen LogP contribution in [0.2, 0.25) is 0 Å². The molecule has 0 unspecified atom stereocenters. The van der Waals surface area contributed by atoms with Crippen molar-refractivity contribution >= 4 is 5.78 Å². The van der Waals surface area contributed by atoms with E-state index in [4.69, 9.17) is 0 Å². The third kappa shape index (κ3) is 0.891. The van der Waals surface area contributed by atoms with Crippen molar-refractivity contribution in [1.29, 1.82) is 0 Å². The first kappa shape index (κ1) is 7.53. The second kappa shape index (κ2) is 2.19. The standard InChI is InChI=1S/C9H12N2O/c1-9(2)4-3-7(12)8-6(9)5-10-11-8/h5H,3-4H2,1-2H3,(H,10,11). The minimum atomic E-state index is 0.107. The molecule has 0 radical (unpaired) electrons. The Hall–Kier alpha value is -1.12. The largest absolute Gasteiger partial charge is 0.292 e. The second-order valence-electron chi connectivity index (χ2n) is 3.97. The molecule has 1 aromatic rings. The molecule has 0 saturated heterocycles. The fourth-order valence-electron chi connectivity index (χ4n) is 1.70. The van der Waals surface area contributed by atoms with Gasteiger partial charge in [0.15, 0.2) is 5.78 Å². The van der Waals surface area contributed by atoms with E-state index in [1.54, 1.807) is 6.20 Å². The van der Waals surface area contributed by atoms with Crippen LogP contribution in [-0.4, -0.2) is 16.0 Å². The maximum absolute atomic E-state index is 11.4. The summed E-state index contributed by atoms with van der Waals surface area (Å²) in [7, 11) is 0. The lowest BCUT2D eigenvalue weighted by molar-refractivity contribution is 0.0952. The highest BCUT2D eigenvalue weighted by atomic mass is 16.1. The molecule has 64 valence electrons. The topological polar surface area (TPSA) is 45.8 Å². The van der Waals surface area contributed by atoms with Crippen molar-refractivity contribution in [3.05, 3.63) is 17.5 Å². The number of fused-ring (bicyclic) bond motifs is 1. The van der Waals surface area contributed by atoms with Gasteiger partial charge in [0.1, 0.15) is 5.69 Å². The highest BCUT2D eigenvalue weighted by Gasteiger charge is 2.32. The molecule has 0 saturated carbocycles. The van der Waals surface area contributed by atoms with Crippen LogP contribution in [0.3, 0.4) is 0 Å². The van der Waals surface area contributed by atoms with Crippen molar-refractivity contribution in [1.82, 2.24) is 10.2 Å². The Balaban J connectivity index is 2.57. The zero-order valence-corrected chi connectivity index (χ0v) is 7.35. The molecular formula is C9H12N2O. The number of Topliss-reactive ketones (excluding diaryl/α,β-unsaturated/α-hetero) is 1. The zero-order chi connectivity index (χ0) is 8.77. The summed E-state index contributed by atoms with van der Waals surface area (Å²) in [6, 6.07) is 0. The zero-order valence-electron chi connectivity index (χ0n) is 7.35. The van der Waals surface area contributed by atoms with Gasteiger partial charge in [0.25, 0.3) is 0 Å². The van der Waals surface area contributed by atoms with Crippen molar-refractivity contribution < 1.29 is 4.79 Å². The number of H-pyrrole nitrogens is 1. The van der Waals surface area contributed by atoms with Crippen molar-refractivity contribution in [3.63, 3.8) is 0 Å². The highest BCUT2D eigenvalue weighted by molar-refractivity contribution is 5.97. The van der Waals surface area contributed by atoms with Crippen LogP contribution in [0.4, 0.5) is 0 Å². The third-order valence-corrected chi connectivity index (χ3v) is 2.62. The lowest BCUT2D eigenvalue weighted by Crippen LogP contribution is -2.26. The molecular weight excluding hydrogens is 152 g/mol. The number of nitrogens with zero attached hydrogens (tertiary/aromatic N) is 1. The molecule has 0 aliphatic heterocycles. The number of nitrogens with one attached hydrogen (secondary N) is 1. The van der Waals surface area contributed by atoms with E-state index in [9.17, 15) is 4.79 Å². The molecule has 3 nitrogen and oxygen atoms in total. The Morgan fingerprint density at radius 3 is 3.00 bits per heavy atom. The maximum atomic E-state index is 11.4. The molecule has 0 aromatic carbocycles. The number of hydrogen-bond donors (Lipinski definition) is 1. The summed E-state index contributed by atoms with van der Waals surface area (Å²) in [6.45, 7) is 4.29. The van der Waals surface area contributed by atoms with E-state index in [-0.39, 0.29) is 11.2 Å². The molecule has 0 atom stereocenters. The molecule has 1 heterocycles. The summed E-state index contributed by atoms with van der Waals surface area (Å²) in [4.78, 5) is 11.4. The Morgan fingerprint density at radius 2 is 2.33 bits per heavy atom.